The highest BCUT2D eigenvalue weighted by molar-refractivity contribution is 6.05. The van der Waals surface area contributed by atoms with E-state index >= 15 is 0 Å². The van der Waals surface area contributed by atoms with Crippen LogP contribution in [0.4, 0.5) is 16.2 Å². The first-order valence-corrected chi connectivity index (χ1v) is 9.09. The first-order valence-electron chi connectivity index (χ1n) is 9.09. The zero-order valence-corrected chi connectivity index (χ0v) is 16.0. The lowest BCUT2D eigenvalue weighted by Gasteiger charge is -2.13. The number of urea groups is 1. The molecule has 0 bridgehead atoms. The van der Waals surface area contributed by atoms with Gasteiger partial charge in [0.2, 0.25) is 0 Å². The summed E-state index contributed by atoms with van der Waals surface area (Å²) in [5.74, 6) is -0.227. The van der Waals surface area contributed by atoms with Gasteiger partial charge >= 0.3 is 6.03 Å². The summed E-state index contributed by atoms with van der Waals surface area (Å²) in [5.41, 5.74) is 4.86. The molecule has 0 spiro atoms. The molecule has 0 radical (unpaired) electrons. The molecule has 0 fully saturated rings. The minimum absolute atomic E-state index is 0.227. The molecule has 0 aliphatic carbocycles. The third kappa shape index (κ3) is 4.98. The van der Waals surface area contributed by atoms with Crippen molar-refractivity contribution in [3.8, 4) is 0 Å². The molecule has 0 aliphatic rings. The summed E-state index contributed by atoms with van der Waals surface area (Å²) in [4.78, 5) is 24.8. The third-order valence-corrected chi connectivity index (χ3v) is 4.48. The fourth-order valence-electron chi connectivity index (χ4n) is 2.77. The van der Waals surface area contributed by atoms with Crippen molar-refractivity contribution in [2.75, 3.05) is 10.6 Å². The lowest BCUT2D eigenvalue weighted by Crippen LogP contribution is -2.29. The lowest BCUT2D eigenvalue weighted by molar-refractivity contribution is 0.102. The maximum Gasteiger partial charge on any atom is 0.319 e. The predicted molar refractivity (Wildman–Crippen MR) is 113 cm³/mol. The van der Waals surface area contributed by atoms with Gasteiger partial charge in [-0.3, -0.25) is 4.79 Å². The first-order chi connectivity index (χ1) is 13.5. The summed E-state index contributed by atoms with van der Waals surface area (Å²) in [7, 11) is 0. The van der Waals surface area contributed by atoms with Gasteiger partial charge in [-0.2, -0.15) is 0 Å². The fourth-order valence-corrected chi connectivity index (χ4v) is 2.77. The molecule has 0 unspecified atom stereocenters. The van der Waals surface area contributed by atoms with E-state index in [9.17, 15) is 9.59 Å². The van der Waals surface area contributed by atoms with Crippen LogP contribution < -0.4 is 16.0 Å². The van der Waals surface area contributed by atoms with E-state index in [-0.39, 0.29) is 11.9 Å². The van der Waals surface area contributed by atoms with E-state index in [1.807, 2.05) is 74.5 Å². The van der Waals surface area contributed by atoms with Crippen molar-refractivity contribution in [1.29, 1.82) is 0 Å². The first kappa shape index (κ1) is 19.2. The molecule has 0 atom stereocenters. The Morgan fingerprint density at radius 1 is 0.786 bits per heavy atom. The van der Waals surface area contributed by atoms with Crippen molar-refractivity contribution in [1.82, 2.24) is 5.32 Å². The molecule has 3 amide bonds. The second kappa shape index (κ2) is 8.86. The molecule has 0 saturated carbocycles. The highest BCUT2D eigenvalue weighted by Crippen LogP contribution is 2.18. The lowest BCUT2D eigenvalue weighted by atomic mass is 10.1. The van der Waals surface area contributed by atoms with Gasteiger partial charge in [-0.25, -0.2) is 4.79 Å². The molecule has 0 aliphatic heterocycles. The summed E-state index contributed by atoms with van der Waals surface area (Å²) >= 11 is 0. The van der Waals surface area contributed by atoms with Crippen LogP contribution in [0.2, 0.25) is 0 Å². The van der Waals surface area contributed by atoms with Crippen molar-refractivity contribution >= 4 is 23.3 Å². The topological polar surface area (TPSA) is 70.2 Å². The van der Waals surface area contributed by atoms with Crippen molar-refractivity contribution < 1.29 is 9.59 Å². The zero-order valence-electron chi connectivity index (χ0n) is 16.0. The van der Waals surface area contributed by atoms with Crippen molar-refractivity contribution in [3.63, 3.8) is 0 Å². The average molecular weight is 373 g/mol. The fraction of sp³-hybridized carbons (Fsp3) is 0.130. The van der Waals surface area contributed by atoms with Gasteiger partial charge in [0.1, 0.15) is 0 Å². The number of benzene rings is 3. The van der Waals surface area contributed by atoms with Crippen molar-refractivity contribution in [2.24, 2.45) is 0 Å². The van der Waals surface area contributed by atoms with Crippen LogP contribution in [0.1, 0.15) is 27.0 Å². The number of nitrogens with one attached hydrogen (secondary N) is 3. The number of hydrogen-bond donors (Lipinski definition) is 3. The molecule has 5 heteroatoms. The molecule has 28 heavy (non-hydrogen) atoms. The van der Waals surface area contributed by atoms with E-state index in [2.05, 4.69) is 16.0 Å². The Labute approximate surface area is 164 Å². The minimum atomic E-state index is -0.313. The monoisotopic (exact) mass is 373 g/mol. The number of rotatable bonds is 5. The van der Waals surface area contributed by atoms with E-state index in [1.165, 1.54) is 0 Å². The van der Waals surface area contributed by atoms with Gasteiger partial charge in [0, 0.05) is 23.5 Å². The van der Waals surface area contributed by atoms with E-state index in [0.29, 0.717) is 17.8 Å². The van der Waals surface area contributed by atoms with Gasteiger partial charge in [0.25, 0.3) is 5.91 Å². The number of hydrogen-bond acceptors (Lipinski definition) is 2. The highest BCUT2D eigenvalue weighted by Gasteiger charge is 2.11. The standard InChI is InChI=1S/C23H23N3O2/c1-16-8-6-7-9-19(16)15-24-23(28)26-21-14-18(13-12-17(21)2)22(27)25-20-10-4-3-5-11-20/h3-14H,15H2,1-2H3,(H,25,27)(H2,24,26,28). The summed E-state index contributed by atoms with van der Waals surface area (Å²) in [6, 6.07) is 22.1. The summed E-state index contributed by atoms with van der Waals surface area (Å²) in [6.07, 6.45) is 0. The Balaban J connectivity index is 1.65. The molecule has 142 valence electrons. The Morgan fingerprint density at radius 2 is 1.50 bits per heavy atom. The molecule has 3 aromatic carbocycles. The summed E-state index contributed by atoms with van der Waals surface area (Å²) in [6.45, 7) is 4.33. The molecule has 0 heterocycles. The molecule has 5 nitrogen and oxygen atoms in total. The van der Waals surface area contributed by atoms with Gasteiger partial charge in [0.15, 0.2) is 0 Å². The van der Waals surface area contributed by atoms with Gasteiger partial charge in [-0.05, 0) is 54.8 Å². The Hall–Kier alpha value is -3.60. The van der Waals surface area contributed by atoms with E-state index in [0.717, 1.165) is 22.4 Å². The van der Waals surface area contributed by atoms with Crippen LogP contribution in [-0.4, -0.2) is 11.9 Å². The van der Waals surface area contributed by atoms with Crippen LogP contribution in [0.15, 0.2) is 72.8 Å². The SMILES string of the molecule is Cc1ccccc1CNC(=O)Nc1cc(C(=O)Nc2ccccc2)ccc1C. The third-order valence-electron chi connectivity index (χ3n) is 4.48. The predicted octanol–water partition coefficient (Wildman–Crippen LogP) is 4.88. The molecule has 3 aromatic rings. The van der Waals surface area contributed by atoms with E-state index in [4.69, 9.17) is 0 Å². The molecule has 0 saturated heterocycles. The van der Waals surface area contributed by atoms with Crippen LogP contribution in [0.3, 0.4) is 0 Å². The van der Waals surface area contributed by atoms with Gasteiger partial charge in [-0.15, -0.1) is 0 Å². The number of para-hydroxylation sites is 1. The van der Waals surface area contributed by atoms with E-state index < -0.39 is 0 Å². The second-order valence-corrected chi connectivity index (χ2v) is 6.58. The van der Waals surface area contributed by atoms with Crippen LogP contribution in [0.5, 0.6) is 0 Å². The molecule has 3 rings (SSSR count). The second-order valence-electron chi connectivity index (χ2n) is 6.58. The van der Waals surface area contributed by atoms with Crippen LogP contribution in [0.25, 0.3) is 0 Å². The van der Waals surface area contributed by atoms with Crippen LogP contribution >= 0.6 is 0 Å². The summed E-state index contributed by atoms with van der Waals surface area (Å²) in [5, 5.41) is 8.53. The minimum Gasteiger partial charge on any atom is -0.334 e. The van der Waals surface area contributed by atoms with Crippen molar-refractivity contribution in [2.45, 2.75) is 20.4 Å². The number of aryl methyl sites for hydroxylation is 2. The Kier molecular flexibility index (Phi) is 6.07. The molecule has 3 N–H and O–H groups in total. The normalized spacial score (nSPS) is 10.2. The summed E-state index contributed by atoms with van der Waals surface area (Å²) < 4.78 is 0. The Bertz CT molecular complexity index is 984. The maximum atomic E-state index is 12.5. The molecule has 0 aromatic heterocycles. The van der Waals surface area contributed by atoms with Crippen LogP contribution in [-0.2, 0) is 6.54 Å². The smallest absolute Gasteiger partial charge is 0.319 e. The number of carbonyl (C=O) groups excluding carboxylic acids is 2. The number of carbonyl (C=O) groups is 2. The van der Waals surface area contributed by atoms with Crippen molar-refractivity contribution in [3.05, 3.63) is 95.1 Å². The Morgan fingerprint density at radius 3 is 2.25 bits per heavy atom. The van der Waals surface area contributed by atoms with Gasteiger partial charge < -0.3 is 16.0 Å². The van der Waals surface area contributed by atoms with Gasteiger partial charge in [0.05, 0.1) is 0 Å². The number of amides is 3. The zero-order chi connectivity index (χ0) is 19.9. The van der Waals surface area contributed by atoms with E-state index in [1.54, 1.807) is 12.1 Å². The maximum absolute atomic E-state index is 12.5. The number of anilines is 2. The largest absolute Gasteiger partial charge is 0.334 e. The molecular weight excluding hydrogens is 350 g/mol. The van der Waals surface area contributed by atoms with Crippen LogP contribution in [0, 0.1) is 13.8 Å². The average Bonchev–Trinajstić information content (AvgIpc) is 2.70. The highest BCUT2D eigenvalue weighted by atomic mass is 16.2. The van der Waals surface area contributed by atoms with Gasteiger partial charge in [-0.1, -0.05) is 48.5 Å². The molecular formula is C23H23N3O2. The quantitative estimate of drug-likeness (QED) is 0.597.